The fourth-order valence-corrected chi connectivity index (χ4v) is 3.38. The minimum Gasteiger partial charge on any atom is -0.373 e. The largest absolute Gasteiger partial charge is 0.373 e. The molecule has 2 heterocycles. The van der Waals surface area contributed by atoms with Crippen LogP contribution in [0.3, 0.4) is 0 Å². The van der Waals surface area contributed by atoms with Crippen LogP contribution in [0.2, 0.25) is 0 Å². The van der Waals surface area contributed by atoms with E-state index in [2.05, 4.69) is 60.7 Å². The van der Waals surface area contributed by atoms with Gasteiger partial charge >= 0.3 is 0 Å². The average molecular weight is 280 g/mol. The van der Waals surface area contributed by atoms with Crippen molar-refractivity contribution in [2.24, 2.45) is 0 Å². The van der Waals surface area contributed by atoms with E-state index in [0.717, 1.165) is 26.1 Å². The maximum absolute atomic E-state index is 5.57. The Bertz CT molecular complexity index is 530. The Balaban J connectivity index is 1.80. The second-order valence-electron chi connectivity index (χ2n) is 6.13. The van der Waals surface area contributed by atoms with E-state index in [1.807, 2.05) is 0 Å². The van der Waals surface area contributed by atoms with E-state index < -0.39 is 0 Å². The third kappa shape index (κ3) is 2.74. The fourth-order valence-electron chi connectivity index (χ4n) is 3.38. The zero-order valence-electron chi connectivity index (χ0n) is 12.1. The molecule has 4 rings (SSSR count). The second kappa shape index (κ2) is 5.28. The zero-order chi connectivity index (χ0) is 14.1. The predicted molar refractivity (Wildman–Crippen MR) is 82.4 cm³/mol. The van der Waals surface area contributed by atoms with Crippen molar-refractivity contribution in [2.75, 3.05) is 13.2 Å². The van der Waals surface area contributed by atoms with Gasteiger partial charge in [-0.3, -0.25) is 0 Å². The first kappa shape index (κ1) is 13.1. The van der Waals surface area contributed by atoms with E-state index in [9.17, 15) is 0 Å². The molecule has 2 unspecified atom stereocenters. The molecule has 0 bridgehead atoms. The lowest BCUT2D eigenvalue weighted by Crippen LogP contribution is -2.31. The molecule has 0 N–H and O–H groups in total. The lowest BCUT2D eigenvalue weighted by Gasteiger charge is -2.34. The molecular weight excluding hydrogens is 260 g/mol. The highest BCUT2D eigenvalue weighted by atomic mass is 16.6. The first-order chi connectivity index (χ1) is 10.4. The standard InChI is InChI=1S/C19H20O2/c1-3-7-15(8-4-1)19(11-17-13-20-17,12-18-14-21-18)16-9-5-2-6-10-16/h1-10,17-18H,11-14H2. The van der Waals surface area contributed by atoms with E-state index in [-0.39, 0.29) is 5.41 Å². The van der Waals surface area contributed by atoms with Gasteiger partial charge < -0.3 is 9.47 Å². The maximum Gasteiger partial charge on any atom is 0.0821 e. The van der Waals surface area contributed by atoms with Crippen LogP contribution < -0.4 is 0 Å². The van der Waals surface area contributed by atoms with Crippen molar-refractivity contribution >= 4 is 0 Å². The summed E-state index contributed by atoms with van der Waals surface area (Å²) in [6.07, 6.45) is 2.87. The maximum atomic E-state index is 5.57. The quantitative estimate of drug-likeness (QED) is 0.756. The van der Waals surface area contributed by atoms with Crippen molar-refractivity contribution in [3.05, 3.63) is 71.8 Å². The Hall–Kier alpha value is -1.64. The van der Waals surface area contributed by atoms with Gasteiger partial charge in [-0.2, -0.15) is 0 Å². The molecule has 2 aliphatic rings. The lowest BCUT2D eigenvalue weighted by molar-refractivity contribution is 0.300. The smallest absolute Gasteiger partial charge is 0.0821 e. The molecule has 2 aliphatic heterocycles. The van der Waals surface area contributed by atoms with Crippen LogP contribution in [-0.4, -0.2) is 25.4 Å². The highest BCUT2D eigenvalue weighted by Gasteiger charge is 2.44. The number of benzene rings is 2. The SMILES string of the molecule is c1ccc(C(CC2CO2)(CC2CO2)c2ccccc2)cc1. The summed E-state index contributed by atoms with van der Waals surface area (Å²) in [5, 5.41) is 0. The Morgan fingerprint density at radius 2 is 1.10 bits per heavy atom. The van der Waals surface area contributed by atoms with Crippen LogP contribution in [0.25, 0.3) is 0 Å². The predicted octanol–water partition coefficient (Wildman–Crippen LogP) is 3.55. The summed E-state index contributed by atoms with van der Waals surface area (Å²) in [5.41, 5.74) is 2.76. The van der Waals surface area contributed by atoms with Crippen molar-refractivity contribution in [2.45, 2.75) is 30.5 Å². The van der Waals surface area contributed by atoms with Crippen LogP contribution in [0, 0.1) is 0 Å². The molecule has 2 heteroatoms. The minimum atomic E-state index is 0.00481. The molecule has 2 fully saturated rings. The number of ether oxygens (including phenoxy) is 2. The van der Waals surface area contributed by atoms with Gasteiger partial charge in [-0.05, 0) is 24.0 Å². The van der Waals surface area contributed by atoms with Crippen LogP contribution in [0.15, 0.2) is 60.7 Å². The number of hydrogen-bond acceptors (Lipinski definition) is 2. The molecule has 0 saturated carbocycles. The van der Waals surface area contributed by atoms with Gasteiger partial charge in [0, 0.05) is 5.41 Å². The van der Waals surface area contributed by atoms with Crippen molar-refractivity contribution in [3.63, 3.8) is 0 Å². The number of epoxide rings is 2. The van der Waals surface area contributed by atoms with Crippen molar-refractivity contribution in [3.8, 4) is 0 Å². The highest BCUT2D eigenvalue weighted by molar-refractivity contribution is 5.40. The Labute approximate surface area is 125 Å². The fraction of sp³-hybridized carbons (Fsp3) is 0.368. The van der Waals surface area contributed by atoms with Crippen molar-refractivity contribution < 1.29 is 9.47 Å². The summed E-state index contributed by atoms with van der Waals surface area (Å²) in [6, 6.07) is 21.7. The normalized spacial score (nSPS) is 23.8. The van der Waals surface area contributed by atoms with E-state index in [4.69, 9.17) is 9.47 Å². The molecule has 2 nitrogen and oxygen atoms in total. The monoisotopic (exact) mass is 280 g/mol. The lowest BCUT2D eigenvalue weighted by atomic mass is 9.68. The van der Waals surface area contributed by atoms with Crippen molar-refractivity contribution in [1.29, 1.82) is 0 Å². The molecular formula is C19H20O2. The van der Waals surface area contributed by atoms with Gasteiger partial charge in [-0.25, -0.2) is 0 Å². The third-order valence-electron chi connectivity index (χ3n) is 4.61. The topological polar surface area (TPSA) is 25.1 Å². The van der Waals surface area contributed by atoms with Gasteiger partial charge in [0.1, 0.15) is 0 Å². The molecule has 2 saturated heterocycles. The molecule has 2 atom stereocenters. The third-order valence-corrected chi connectivity index (χ3v) is 4.61. The van der Waals surface area contributed by atoms with Gasteiger partial charge in [0.15, 0.2) is 0 Å². The van der Waals surface area contributed by atoms with Gasteiger partial charge in [-0.1, -0.05) is 60.7 Å². The Morgan fingerprint density at radius 3 is 1.43 bits per heavy atom. The molecule has 0 aliphatic carbocycles. The summed E-state index contributed by atoms with van der Waals surface area (Å²) in [7, 11) is 0. The molecule has 21 heavy (non-hydrogen) atoms. The summed E-state index contributed by atoms with van der Waals surface area (Å²) in [5.74, 6) is 0. The van der Waals surface area contributed by atoms with Crippen LogP contribution in [0.4, 0.5) is 0 Å². The van der Waals surface area contributed by atoms with Crippen LogP contribution in [0.1, 0.15) is 24.0 Å². The first-order valence-corrected chi connectivity index (χ1v) is 7.71. The summed E-state index contributed by atoms with van der Waals surface area (Å²) < 4.78 is 11.1. The molecule has 2 aromatic carbocycles. The summed E-state index contributed by atoms with van der Waals surface area (Å²) in [4.78, 5) is 0. The van der Waals surface area contributed by atoms with Gasteiger partial charge in [0.05, 0.1) is 25.4 Å². The molecule has 0 spiro atoms. The van der Waals surface area contributed by atoms with Crippen LogP contribution in [-0.2, 0) is 14.9 Å². The van der Waals surface area contributed by atoms with E-state index in [0.29, 0.717) is 12.2 Å². The van der Waals surface area contributed by atoms with Gasteiger partial charge in [0.25, 0.3) is 0 Å². The molecule has 2 aromatic rings. The average Bonchev–Trinajstić information content (AvgIpc) is 3.45. The Morgan fingerprint density at radius 1 is 0.714 bits per heavy atom. The zero-order valence-corrected chi connectivity index (χ0v) is 12.1. The number of rotatable bonds is 6. The first-order valence-electron chi connectivity index (χ1n) is 7.71. The van der Waals surface area contributed by atoms with Crippen LogP contribution in [0.5, 0.6) is 0 Å². The second-order valence-corrected chi connectivity index (χ2v) is 6.13. The molecule has 0 radical (unpaired) electrons. The summed E-state index contributed by atoms with van der Waals surface area (Å²) >= 11 is 0. The number of hydrogen-bond donors (Lipinski definition) is 0. The highest BCUT2D eigenvalue weighted by Crippen LogP contribution is 2.45. The summed E-state index contributed by atoms with van der Waals surface area (Å²) in [6.45, 7) is 1.79. The van der Waals surface area contributed by atoms with E-state index in [1.165, 1.54) is 11.1 Å². The molecule has 0 aromatic heterocycles. The van der Waals surface area contributed by atoms with Crippen molar-refractivity contribution in [1.82, 2.24) is 0 Å². The molecule has 0 amide bonds. The minimum absolute atomic E-state index is 0.00481. The van der Waals surface area contributed by atoms with Crippen LogP contribution >= 0.6 is 0 Å². The van der Waals surface area contributed by atoms with Gasteiger partial charge in [-0.15, -0.1) is 0 Å². The van der Waals surface area contributed by atoms with E-state index in [1.54, 1.807) is 0 Å². The van der Waals surface area contributed by atoms with Gasteiger partial charge in [0.2, 0.25) is 0 Å². The Kier molecular flexibility index (Phi) is 3.28. The van der Waals surface area contributed by atoms with E-state index >= 15 is 0 Å². The molecule has 108 valence electrons.